The van der Waals surface area contributed by atoms with Crippen LogP contribution < -0.4 is 15.2 Å². The fourth-order valence-corrected chi connectivity index (χ4v) is 2.59. The van der Waals surface area contributed by atoms with Gasteiger partial charge in [0.15, 0.2) is 6.20 Å². The number of nitrogens with one attached hydrogen (secondary N) is 2. The normalized spacial score (nSPS) is 14.3. The Labute approximate surface area is 138 Å². The second kappa shape index (κ2) is 6.95. The molecule has 1 saturated heterocycles. The van der Waals surface area contributed by atoms with Crippen molar-refractivity contribution in [1.82, 2.24) is 4.90 Å². The van der Waals surface area contributed by atoms with E-state index >= 15 is 0 Å². The number of aromatic nitrogens is 1. The molecule has 8 heteroatoms. The lowest BCUT2D eigenvalue weighted by Gasteiger charge is -2.30. The summed E-state index contributed by atoms with van der Waals surface area (Å²) in [4.78, 5) is 29.2. The number of anilines is 2. The van der Waals surface area contributed by atoms with Gasteiger partial charge in [0.1, 0.15) is 13.1 Å². The van der Waals surface area contributed by atoms with Crippen LogP contribution in [0.1, 0.15) is 0 Å². The van der Waals surface area contributed by atoms with Gasteiger partial charge in [-0.05, 0) is 12.1 Å². The Kier molecular flexibility index (Phi) is 4.55. The van der Waals surface area contributed by atoms with Gasteiger partial charge in [0.05, 0.1) is 18.0 Å². The quantitative estimate of drug-likeness (QED) is 0.686. The van der Waals surface area contributed by atoms with Crippen molar-refractivity contribution in [2.24, 2.45) is 0 Å². The summed E-state index contributed by atoms with van der Waals surface area (Å²) in [6.45, 7) is 2.50. The van der Waals surface area contributed by atoms with E-state index in [0.29, 0.717) is 26.2 Å². The summed E-state index contributed by atoms with van der Waals surface area (Å²) < 4.78 is 0. The largest absolute Gasteiger partial charge is 0.322 e. The number of carbonyl (C=O) groups is 1. The van der Waals surface area contributed by atoms with Gasteiger partial charge in [-0.15, -0.1) is 0 Å². The predicted molar refractivity (Wildman–Crippen MR) is 88.9 cm³/mol. The van der Waals surface area contributed by atoms with Crippen LogP contribution in [0.5, 0.6) is 0 Å². The Hall–Kier alpha value is -3.16. The lowest BCUT2D eigenvalue weighted by Crippen LogP contribution is -2.51. The van der Waals surface area contributed by atoms with E-state index in [4.69, 9.17) is 0 Å². The summed E-state index contributed by atoms with van der Waals surface area (Å²) >= 11 is 0. The lowest BCUT2D eigenvalue weighted by atomic mass is 10.3. The molecule has 2 amide bonds. The minimum atomic E-state index is -0.438. The van der Waals surface area contributed by atoms with Gasteiger partial charge in [-0.1, -0.05) is 18.2 Å². The van der Waals surface area contributed by atoms with Crippen LogP contribution in [0.3, 0.4) is 0 Å². The van der Waals surface area contributed by atoms with Gasteiger partial charge in [-0.25, -0.2) is 9.78 Å². The molecule has 3 rings (SSSR count). The molecule has 1 aromatic carbocycles. The number of piperazine rings is 1. The average Bonchev–Trinajstić information content (AvgIpc) is 2.63. The minimum Gasteiger partial charge on any atom is -0.317 e. The number of rotatable bonds is 3. The molecule has 0 unspecified atom stereocenters. The highest BCUT2D eigenvalue weighted by molar-refractivity contribution is 5.89. The van der Waals surface area contributed by atoms with E-state index in [0.717, 1.165) is 11.5 Å². The highest BCUT2D eigenvalue weighted by Crippen LogP contribution is 2.15. The van der Waals surface area contributed by atoms with Crippen LogP contribution in [-0.2, 0) is 0 Å². The van der Waals surface area contributed by atoms with E-state index in [2.05, 4.69) is 15.2 Å². The number of nitrogens with zero attached hydrogens (tertiary/aromatic N) is 3. The minimum absolute atomic E-state index is 0.0274. The van der Waals surface area contributed by atoms with E-state index in [-0.39, 0.29) is 11.7 Å². The van der Waals surface area contributed by atoms with Crippen LogP contribution in [0.15, 0.2) is 48.7 Å². The number of amides is 2. The van der Waals surface area contributed by atoms with Crippen LogP contribution in [0, 0.1) is 10.1 Å². The highest BCUT2D eigenvalue weighted by atomic mass is 16.6. The Morgan fingerprint density at radius 2 is 1.79 bits per heavy atom. The molecule has 2 aromatic rings. The molecule has 1 aromatic heterocycles. The molecule has 0 saturated carbocycles. The predicted octanol–water partition coefficient (Wildman–Crippen LogP) is 1.76. The van der Waals surface area contributed by atoms with Crippen LogP contribution in [0.4, 0.5) is 22.0 Å². The number of aromatic amines is 1. The maximum absolute atomic E-state index is 12.2. The number of nitro groups is 1. The molecule has 8 nitrogen and oxygen atoms in total. The molecule has 1 fully saturated rings. The van der Waals surface area contributed by atoms with Crippen molar-refractivity contribution >= 4 is 23.2 Å². The molecule has 0 bridgehead atoms. The van der Waals surface area contributed by atoms with Crippen LogP contribution in [-0.4, -0.2) is 42.0 Å². The van der Waals surface area contributed by atoms with E-state index in [1.54, 1.807) is 11.0 Å². The van der Waals surface area contributed by atoms with Gasteiger partial charge < -0.3 is 10.2 Å². The fraction of sp³-hybridized carbons (Fsp3) is 0.250. The van der Waals surface area contributed by atoms with Crippen LogP contribution in [0.25, 0.3) is 0 Å². The maximum Gasteiger partial charge on any atom is 0.322 e. The van der Waals surface area contributed by atoms with Crippen molar-refractivity contribution in [3.05, 3.63) is 58.8 Å². The van der Waals surface area contributed by atoms with Gasteiger partial charge >= 0.3 is 11.7 Å². The van der Waals surface area contributed by atoms with Crippen molar-refractivity contribution in [3.8, 4) is 0 Å². The zero-order valence-electron chi connectivity index (χ0n) is 13.0. The first kappa shape index (κ1) is 15.7. The van der Waals surface area contributed by atoms with Gasteiger partial charge in [0.25, 0.3) is 5.82 Å². The van der Waals surface area contributed by atoms with E-state index < -0.39 is 4.92 Å². The number of hydrogen-bond donors (Lipinski definition) is 1. The second-order valence-electron chi connectivity index (χ2n) is 5.46. The Bertz CT molecular complexity index is 712. The molecule has 0 atom stereocenters. The zero-order valence-corrected chi connectivity index (χ0v) is 13.0. The van der Waals surface area contributed by atoms with Crippen molar-refractivity contribution in [2.45, 2.75) is 0 Å². The van der Waals surface area contributed by atoms with Crippen molar-refractivity contribution in [3.63, 3.8) is 0 Å². The average molecular weight is 328 g/mol. The molecule has 1 aliphatic rings. The molecule has 0 radical (unpaired) electrons. The third-order valence-electron chi connectivity index (χ3n) is 3.92. The van der Waals surface area contributed by atoms with Crippen molar-refractivity contribution in [2.75, 3.05) is 36.4 Å². The maximum atomic E-state index is 12.2. The van der Waals surface area contributed by atoms with Crippen LogP contribution >= 0.6 is 0 Å². The third-order valence-corrected chi connectivity index (χ3v) is 3.92. The van der Waals surface area contributed by atoms with Crippen LogP contribution in [0.2, 0.25) is 0 Å². The SMILES string of the molecule is O=C(Nc1ccccc1)N1CCN(c2ccc([N+](=O)[O-])c[nH+]2)CC1. The molecule has 2 heterocycles. The van der Waals surface area contributed by atoms with E-state index in [1.165, 1.54) is 12.3 Å². The van der Waals surface area contributed by atoms with Gasteiger partial charge in [-0.2, -0.15) is 0 Å². The summed E-state index contributed by atoms with van der Waals surface area (Å²) in [5.74, 6) is 0.809. The summed E-state index contributed by atoms with van der Waals surface area (Å²) in [5, 5.41) is 13.5. The highest BCUT2D eigenvalue weighted by Gasteiger charge is 2.26. The number of urea groups is 1. The molecule has 0 aliphatic carbocycles. The number of benzene rings is 1. The van der Waals surface area contributed by atoms with Crippen molar-refractivity contribution in [1.29, 1.82) is 0 Å². The molecule has 1 aliphatic heterocycles. The van der Waals surface area contributed by atoms with Gasteiger partial charge in [0.2, 0.25) is 0 Å². The first-order valence-corrected chi connectivity index (χ1v) is 7.65. The van der Waals surface area contributed by atoms with Gasteiger partial charge in [0, 0.05) is 17.8 Å². The smallest absolute Gasteiger partial charge is 0.317 e. The number of hydrogen-bond acceptors (Lipinski definition) is 4. The summed E-state index contributed by atoms with van der Waals surface area (Å²) in [6.07, 6.45) is 1.38. The first-order chi connectivity index (χ1) is 11.6. The Balaban J connectivity index is 1.55. The Morgan fingerprint density at radius 1 is 1.08 bits per heavy atom. The van der Waals surface area contributed by atoms with E-state index in [9.17, 15) is 14.9 Å². The van der Waals surface area contributed by atoms with Crippen molar-refractivity contribution < 1.29 is 14.7 Å². The number of H-pyrrole nitrogens is 1. The van der Waals surface area contributed by atoms with Gasteiger partial charge in [-0.3, -0.25) is 15.0 Å². The molecular formula is C16H18N5O3+. The molecule has 2 N–H and O–H groups in total. The fourth-order valence-electron chi connectivity index (χ4n) is 2.59. The molecule has 124 valence electrons. The summed E-state index contributed by atoms with van der Waals surface area (Å²) in [5.41, 5.74) is 0.799. The van der Waals surface area contributed by atoms with E-state index in [1.807, 2.05) is 30.3 Å². The molecule has 0 spiro atoms. The lowest BCUT2D eigenvalue weighted by molar-refractivity contribution is -0.414. The molecule has 24 heavy (non-hydrogen) atoms. The monoisotopic (exact) mass is 328 g/mol. The molecular weight excluding hydrogens is 310 g/mol. The second-order valence-corrected chi connectivity index (χ2v) is 5.46. The number of pyridine rings is 1. The Morgan fingerprint density at radius 3 is 2.38 bits per heavy atom. The summed E-state index contributed by atoms with van der Waals surface area (Å²) in [6, 6.07) is 12.4. The zero-order chi connectivity index (χ0) is 16.9. The number of carbonyl (C=O) groups excluding carboxylic acids is 1. The number of para-hydroxylation sites is 1. The topological polar surface area (TPSA) is 92.9 Å². The summed E-state index contributed by atoms with van der Waals surface area (Å²) in [7, 11) is 0. The first-order valence-electron chi connectivity index (χ1n) is 7.65. The third kappa shape index (κ3) is 3.60. The standard InChI is InChI=1S/C16H17N5O3/c22-16(18-13-4-2-1-3-5-13)20-10-8-19(9-11-20)15-7-6-14(12-17-15)21(23)24/h1-7,12H,8-11H2,(H,18,22)/p+1.